The molecular formula is C14H27N3O2. The summed E-state index contributed by atoms with van der Waals surface area (Å²) in [4.78, 5) is 16.8. The first-order valence-corrected chi connectivity index (χ1v) is 7.49. The van der Waals surface area contributed by atoms with Gasteiger partial charge < -0.3 is 15.4 Å². The van der Waals surface area contributed by atoms with Crippen LogP contribution in [0.1, 0.15) is 33.1 Å². The number of carbonyl (C=O) groups is 1. The molecule has 0 radical (unpaired) electrons. The maximum atomic E-state index is 12.6. The smallest absolute Gasteiger partial charge is 0.239 e. The maximum absolute atomic E-state index is 12.6. The number of amides is 1. The lowest BCUT2D eigenvalue weighted by Crippen LogP contribution is -2.58. The van der Waals surface area contributed by atoms with E-state index in [1.165, 1.54) is 12.8 Å². The fourth-order valence-corrected chi connectivity index (χ4v) is 3.22. The minimum Gasteiger partial charge on any atom is -0.378 e. The van der Waals surface area contributed by atoms with Crippen molar-refractivity contribution >= 4 is 5.91 Å². The average molecular weight is 269 g/mol. The summed E-state index contributed by atoms with van der Waals surface area (Å²) in [6.07, 6.45) is 3.50. The second-order valence-electron chi connectivity index (χ2n) is 5.77. The minimum absolute atomic E-state index is 0.0607. The number of rotatable bonds is 3. The zero-order valence-electron chi connectivity index (χ0n) is 12.2. The summed E-state index contributed by atoms with van der Waals surface area (Å²) in [6.45, 7) is 7.83. The van der Waals surface area contributed by atoms with Gasteiger partial charge in [-0.15, -0.1) is 0 Å². The number of hydrogen-bond acceptors (Lipinski definition) is 4. The predicted octanol–water partition coefficient (Wildman–Crippen LogP) is 0.435. The third kappa shape index (κ3) is 3.46. The van der Waals surface area contributed by atoms with Gasteiger partial charge in [0, 0.05) is 25.2 Å². The zero-order chi connectivity index (χ0) is 13.8. The molecular weight excluding hydrogens is 242 g/mol. The monoisotopic (exact) mass is 269 g/mol. The topological polar surface area (TPSA) is 58.8 Å². The second-order valence-corrected chi connectivity index (χ2v) is 5.77. The van der Waals surface area contributed by atoms with Crippen LogP contribution in [-0.2, 0) is 9.53 Å². The second kappa shape index (κ2) is 6.68. The lowest BCUT2D eigenvalue weighted by atomic mass is 9.95. The molecule has 3 atom stereocenters. The number of piperidine rings is 1. The number of hydrogen-bond donors (Lipinski definition) is 1. The Morgan fingerprint density at radius 3 is 2.53 bits per heavy atom. The third-order valence-electron chi connectivity index (χ3n) is 4.38. The van der Waals surface area contributed by atoms with Crippen LogP contribution in [0.25, 0.3) is 0 Å². The van der Waals surface area contributed by atoms with E-state index in [1.54, 1.807) is 0 Å². The molecule has 0 spiro atoms. The van der Waals surface area contributed by atoms with Gasteiger partial charge in [-0.05, 0) is 33.2 Å². The van der Waals surface area contributed by atoms with E-state index in [2.05, 4.69) is 11.8 Å². The van der Waals surface area contributed by atoms with Gasteiger partial charge in [0.25, 0.3) is 0 Å². The van der Waals surface area contributed by atoms with Crippen molar-refractivity contribution in [1.82, 2.24) is 9.80 Å². The highest BCUT2D eigenvalue weighted by molar-refractivity contribution is 5.81. The molecule has 5 nitrogen and oxygen atoms in total. The molecule has 0 aromatic rings. The Hall–Kier alpha value is -0.650. The number of carbonyl (C=O) groups excluding carboxylic acids is 1. The molecule has 2 rings (SSSR count). The quantitative estimate of drug-likeness (QED) is 0.807. The van der Waals surface area contributed by atoms with Crippen molar-refractivity contribution in [3.63, 3.8) is 0 Å². The molecule has 110 valence electrons. The first-order chi connectivity index (χ1) is 9.11. The van der Waals surface area contributed by atoms with E-state index < -0.39 is 0 Å². The molecule has 3 unspecified atom stereocenters. The molecule has 2 fully saturated rings. The highest BCUT2D eigenvalue weighted by atomic mass is 16.5. The van der Waals surface area contributed by atoms with E-state index in [0.29, 0.717) is 19.3 Å². The minimum atomic E-state index is -0.0607. The summed E-state index contributed by atoms with van der Waals surface area (Å²) in [5.74, 6) is 0.232. The Bertz CT molecular complexity index is 303. The Morgan fingerprint density at radius 2 is 1.89 bits per heavy atom. The van der Waals surface area contributed by atoms with Crippen LogP contribution >= 0.6 is 0 Å². The molecule has 0 aromatic heterocycles. The normalized spacial score (nSPS) is 29.0. The molecule has 2 saturated heterocycles. The first-order valence-electron chi connectivity index (χ1n) is 7.49. The van der Waals surface area contributed by atoms with E-state index in [-0.39, 0.29) is 18.0 Å². The lowest BCUT2D eigenvalue weighted by Gasteiger charge is -2.42. The maximum Gasteiger partial charge on any atom is 0.239 e. The van der Waals surface area contributed by atoms with Crippen molar-refractivity contribution < 1.29 is 9.53 Å². The summed E-state index contributed by atoms with van der Waals surface area (Å²) in [6, 6.07) is 0.406. The summed E-state index contributed by atoms with van der Waals surface area (Å²) in [7, 11) is 0. The van der Waals surface area contributed by atoms with E-state index in [4.69, 9.17) is 10.5 Å². The number of nitrogens with two attached hydrogens (primary N) is 1. The summed E-state index contributed by atoms with van der Waals surface area (Å²) in [5, 5.41) is 0. The Kier molecular flexibility index (Phi) is 5.19. The number of likely N-dealkylation sites (tertiary alicyclic amines) is 1. The van der Waals surface area contributed by atoms with Gasteiger partial charge in [-0.3, -0.25) is 9.69 Å². The standard InChI is InChI=1S/C14H27N3O2/c1-11(15)13-5-3-4-6-17(13)12(2)14(18)16-7-9-19-10-8-16/h11-13H,3-10,15H2,1-2H3. The van der Waals surface area contributed by atoms with E-state index in [1.807, 2.05) is 11.8 Å². The van der Waals surface area contributed by atoms with Crippen molar-refractivity contribution in [3.05, 3.63) is 0 Å². The first kappa shape index (κ1) is 14.8. The van der Waals surface area contributed by atoms with Crippen LogP contribution in [0.4, 0.5) is 0 Å². The molecule has 2 N–H and O–H groups in total. The Morgan fingerprint density at radius 1 is 1.21 bits per heavy atom. The zero-order valence-corrected chi connectivity index (χ0v) is 12.2. The third-order valence-corrected chi connectivity index (χ3v) is 4.38. The van der Waals surface area contributed by atoms with Gasteiger partial charge in [0.15, 0.2) is 0 Å². The van der Waals surface area contributed by atoms with Gasteiger partial charge in [0.05, 0.1) is 19.3 Å². The van der Waals surface area contributed by atoms with E-state index in [0.717, 1.165) is 26.1 Å². The largest absolute Gasteiger partial charge is 0.378 e. The van der Waals surface area contributed by atoms with Crippen LogP contribution < -0.4 is 5.73 Å². The fraction of sp³-hybridized carbons (Fsp3) is 0.929. The van der Waals surface area contributed by atoms with Gasteiger partial charge >= 0.3 is 0 Å². The van der Waals surface area contributed by atoms with Crippen molar-refractivity contribution in [2.24, 2.45) is 5.73 Å². The van der Waals surface area contributed by atoms with Crippen molar-refractivity contribution in [2.45, 2.75) is 51.2 Å². The number of ether oxygens (including phenoxy) is 1. The molecule has 1 amide bonds. The molecule has 5 heteroatoms. The van der Waals surface area contributed by atoms with E-state index in [9.17, 15) is 4.79 Å². The molecule has 0 aliphatic carbocycles. The Labute approximate surface area is 116 Å². The van der Waals surface area contributed by atoms with Crippen molar-refractivity contribution in [1.29, 1.82) is 0 Å². The highest BCUT2D eigenvalue weighted by Crippen LogP contribution is 2.22. The van der Waals surface area contributed by atoms with Crippen LogP contribution in [0.2, 0.25) is 0 Å². The van der Waals surface area contributed by atoms with Crippen LogP contribution in [0.5, 0.6) is 0 Å². The summed E-state index contributed by atoms with van der Waals surface area (Å²) < 4.78 is 5.31. The Balaban J connectivity index is 1.99. The van der Waals surface area contributed by atoms with Gasteiger partial charge in [-0.1, -0.05) is 6.42 Å². The molecule has 2 aliphatic rings. The van der Waals surface area contributed by atoms with Crippen molar-refractivity contribution in [3.8, 4) is 0 Å². The van der Waals surface area contributed by atoms with Gasteiger partial charge in [0.1, 0.15) is 0 Å². The molecule has 2 aliphatic heterocycles. The predicted molar refractivity (Wildman–Crippen MR) is 74.9 cm³/mol. The van der Waals surface area contributed by atoms with Crippen LogP contribution in [-0.4, -0.2) is 66.7 Å². The van der Waals surface area contributed by atoms with Gasteiger partial charge in [-0.2, -0.15) is 0 Å². The molecule has 0 saturated carbocycles. The van der Waals surface area contributed by atoms with Gasteiger partial charge in [0.2, 0.25) is 5.91 Å². The molecule has 0 bridgehead atoms. The average Bonchev–Trinajstić information content (AvgIpc) is 2.46. The van der Waals surface area contributed by atoms with Gasteiger partial charge in [-0.25, -0.2) is 0 Å². The summed E-state index contributed by atoms with van der Waals surface area (Å²) >= 11 is 0. The van der Waals surface area contributed by atoms with E-state index >= 15 is 0 Å². The van der Waals surface area contributed by atoms with Crippen LogP contribution in [0.15, 0.2) is 0 Å². The fourth-order valence-electron chi connectivity index (χ4n) is 3.22. The highest BCUT2D eigenvalue weighted by Gasteiger charge is 2.34. The summed E-state index contributed by atoms with van der Waals surface area (Å²) in [5.41, 5.74) is 6.09. The SMILES string of the molecule is CC(N)C1CCCCN1C(C)C(=O)N1CCOCC1. The van der Waals surface area contributed by atoms with Crippen LogP contribution in [0.3, 0.4) is 0 Å². The van der Waals surface area contributed by atoms with Crippen LogP contribution in [0, 0.1) is 0 Å². The lowest BCUT2D eigenvalue weighted by molar-refractivity contribution is -0.142. The number of morpholine rings is 1. The number of nitrogens with zero attached hydrogens (tertiary/aromatic N) is 2. The molecule has 2 heterocycles. The molecule has 19 heavy (non-hydrogen) atoms. The van der Waals surface area contributed by atoms with Crippen molar-refractivity contribution in [2.75, 3.05) is 32.8 Å². The molecule has 0 aromatic carbocycles.